The van der Waals surface area contributed by atoms with Gasteiger partial charge < -0.3 is 15.0 Å². The molecule has 0 saturated carbocycles. The van der Waals surface area contributed by atoms with Crippen molar-refractivity contribution in [2.24, 2.45) is 0 Å². The summed E-state index contributed by atoms with van der Waals surface area (Å²) in [5.41, 5.74) is 3.76. The molecule has 3 rings (SSSR count). The molecule has 0 saturated heterocycles. The number of rotatable bonds is 8. The molecule has 0 aliphatic heterocycles. The minimum atomic E-state index is -0.353. The Balaban J connectivity index is 1.52. The fourth-order valence-electron chi connectivity index (χ4n) is 3.03. The lowest BCUT2D eigenvalue weighted by Crippen LogP contribution is -3.06. The lowest BCUT2D eigenvalue weighted by atomic mass is 10.2. The first-order chi connectivity index (χ1) is 13.9. The lowest BCUT2D eigenvalue weighted by Gasteiger charge is -2.13. The van der Waals surface area contributed by atoms with Gasteiger partial charge in [-0.15, -0.1) is 11.3 Å². The fourth-order valence-corrected chi connectivity index (χ4v) is 3.82. The summed E-state index contributed by atoms with van der Waals surface area (Å²) in [6, 6.07) is 12.7. The molecular formula is C22H25FN3O2S+. The molecule has 3 aromatic rings. The molecule has 2 N–H and O–H groups in total. The number of hydrogen-bond acceptors (Lipinski definition) is 4. The van der Waals surface area contributed by atoms with Crippen LogP contribution in [0.3, 0.4) is 0 Å². The molecule has 29 heavy (non-hydrogen) atoms. The summed E-state index contributed by atoms with van der Waals surface area (Å²) in [5, 5.41) is 5.66. The van der Waals surface area contributed by atoms with Crippen LogP contribution in [-0.4, -0.2) is 25.0 Å². The number of aromatic nitrogens is 1. The predicted molar refractivity (Wildman–Crippen MR) is 113 cm³/mol. The third kappa shape index (κ3) is 6.10. The predicted octanol–water partition coefficient (Wildman–Crippen LogP) is 3.00. The molecule has 0 aliphatic rings. The van der Waals surface area contributed by atoms with Crippen LogP contribution in [0.5, 0.6) is 5.75 Å². The maximum atomic E-state index is 13.8. The number of hydrogen-bond donors (Lipinski definition) is 2. The van der Waals surface area contributed by atoms with E-state index in [2.05, 4.69) is 10.3 Å². The van der Waals surface area contributed by atoms with Gasteiger partial charge in [-0.05, 0) is 37.3 Å². The highest BCUT2D eigenvalue weighted by molar-refractivity contribution is 7.09. The highest BCUT2D eigenvalue weighted by atomic mass is 32.1. The summed E-state index contributed by atoms with van der Waals surface area (Å²) in [7, 11) is 3.49. The number of carbonyl (C=O) groups excluding carboxylic acids is 1. The number of amides is 1. The van der Waals surface area contributed by atoms with Gasteiger partial charge in [-0.1, -0.05) is 17.7 Å². The van der Waals surface area contributed by atoms with E-state index in [1.54, 1.807) is 6.07 Å². The number of nitrogens with one attached hydrogen (secondary N) is 2. The third-order valence-electron chi connectivity index (χ3n) is 4.45. The van der Waals surface area contributed by atoms with E-state index in [0.29, 0.717) is 13.1 Å². The van der Waals surface area contributed by atoms with E-state index < -0.39 is 0 Å². The summed E-state index contributed by atoms with van der Waals surface area (Å²) < 4.78 is 18.8. The minimum absolute atomic E-state index is 0.0795. The van der Waals surface area contributed by atoms with E-state index >= 15 is 0 Å². The van der Waals surface area contributed by atoms with Crippen LogP contribution in [0.15, 0.2) is 47.8 Å². The monoisotopic (exact) mass is 414 g/mol. The highest BCUT2D eigenvalue weighted by Crippen LogP contribution is 2.17. The van der Waals surface area contributed by atoms with E-state index in [4.69, 9.17) is 4.74 Å². The number of methoxy groups -OCH3 is 1. The first kappa shape index (κ1) is 21.0. The number of aryl methyl sites for hydroxylation is 1. The third-order valence-corrected chi connectivity index (χ3v) is 5.35. The molecule has 152 valence electrons. The summed E-state index contributed by atoms with van der Waals surface area (Å²) in [5.74, 6) is -0.183. The molecule has 0 fully saturated rings. The van der Waals surface area contributed by atoms with Crippen molar-refractivity contribution in [3.05, 3.63) is 75.5 Å². The molecule has 0 radical (unpaired) electrons. The zero-order chi connectivity index (χ0) is 20.8. The average Bonchev–Trinajstić information content (AvgIpc) is 3.10. The number of anilines is 1. The van der Waals surface area contributed by atoms with Crippen LogP contribution >= 0.6 is 11.3 Å². The minimum Gasteiger partial charge on any atom is -0.494 e. The van der Waals surface area contributed by atoms with Gasteiger partial charge in [0.05, 0.1) is 20.6 Å². The standard InChI is InChI=1S/C22H24FN3O2S/c1-15-4-7-17(8-5-15)24-21(27)11-22-25-18(14-29-22)13-26(2)12-16-6-9-20(28-3)19(23)10-16/h4-10,14H,11-13H2,1-3H3,(H,24,27)/p+1. The van der Waals surface area contributed by atoms with Crippen molar-refractivity contribution >= 4 is 22.9 Å². The van der Waals surface area contributed by atoms with E-state index in [9.17, 15) is 9.18 Å². The molecule has 1 heterocycles. The van der Waals surface area contributed by atoms with Gasteiger partial charge in [0.15, 0.2) is 11.6 Å². The zero-order valence-electron chi connectivity index (χ0n) is 16.8. The van der Waals surface area contributed by atoms with Crippen molar-refractivity contribution in [3.8, 4) is 5.75 Å². The smallest absolute Gasteiger partial charge is 0.231 e. The van der Waals surface area contributed by atoms with E-state index in [-0.39, 0.29) is 23.9 Å². The van der Waals surface area contributed by atoms with Crippen LogP contribution in [0.25, 0.3) is 0 Å². The zero-order valence-corrected chi connectivity index (χ0v) is 17.6. The van der Waals surface area contributed by atoms with Gasteiger partial charge in [-0.25, -0.2) is 9.37 Å². The number of benzene rings is 2. The van der Waals surface area contributed by atoms with E-state index in [1.807, 2.05) is 49.7 Å². The van der Waals surface area contributed by atoms with E-state index in [1.165, 1.54) is 29.4 Å². The Morgan fingerprint density at radius 3 is 2.66 bits per heavy atom. The molecule has 7 heteroatoms. The van der Waals surface area contributed by atoms with Crippen molar-refractivity contribution in [3.63, 3.8) is 0 Å². The Morgan fingerprint density at radius 1 is 1.21 bits per heavy atom. The Labute approximate surface area is 174 Å². The second-order valence-corrected chi connectivity index (χ2v) is 8.05. The molecule has 1 atom stereocenters. The van der Waals surface area contributed by atoms with Gasteiger partial charge in [-0.2, -0.15) is 0 Å². The van der Waals surface area contributed by atoms with Crippen molar-refractivity contribution in [2.75, 3.05) is 19.5 Å². The van der Waals surface area contributed by atoms with Crippen LogP contribution in [0, 0.1) is 12.7 Å². The largest absolute Gasteiger partial charge is 0.494 e. The van der Waals surface area contributed by atoms with Crippen molar-refractivity contribution in [2.45, 2.75) is 26.4 Å². The Bertz CT molecular complexity index is 972. The van der Waals surface area contributed by atoms with Crippen LogP contribution in [-0.2, 0) is 24.3 Å². The van der Waals surface area contributed by atoms with Crippen LogP contribution in [0.1, 0.15) is 21.8 Å². The maximum Gasteiger partial charge on any atom is 0.231 e. The van der Waals surface area contributed by atoms with Crippen LogP contribution in [0.2, 0.25) is 0 Å². The van der Waals surface area contributed by atoms with Gasteiger partial charge >= 0.3 is 0 Å². The topological polar surface area (TPSA) is 55.7 Å². The number of carbonyl (C=O) groups is 1. The first-order valence-corrected chi connectivity index (χ1v) is 10.2. The molecule has 0 aliphatic carbocycles. The van der Waals surface area contributed by atoms with Crippen molar-refractivity contribution < 1.29 is 18.8 Å². The van der Waals surface area contributed by atoms with Crippen LogP contribution in [0.4, 0.5) is 10.1 Å². The Kier molecular flexibility index (Phi) is 6.95. The Hall–Kier alpha value is -2.77. The second-order valence-electron chi connectivity index (χ2n) is 7.10. The van der Waals surface area contributed by atoms with Crippen LogP contribution < -0.4 is 15.0 Å². The summed E-state index contributed by atoms with van der Waals surface area (Å²) in [4.78, 5) is 18.0. The highest BCUT2D eigenvalue weighted by Gasteiger charge is 2.13. The Morgan fingerprint density at radius 2 is 1.97 bits per heavy atom. The average molecular weight is 415 g/mol. The normalized spacial score (nSPS) is 11.9. The fraction of sp³-hybridized carbons (Fsp3) is 0.273. The van der Waals surface area contributed by atoms with Gasteiger partial charge in [0.25, 0.3) is 0 Å². The number of nitrogens with zero attached hydrogens (tertiary/aromatic N) is 1. The van der Waals surface area contributed by atoms with Crippen molar-refractivity contribution in [1.82, 2.24) is 4.98 Å². The number of quaternary nitrogens is 1. The molecule has 0 spiro atoms. The maximum absolute atomic E-state index is 13.8. The molecule has 2 aromatic carbocycles. The number of thiazole rings is 1. The quantitative estimate of drug-likeness (QED) is 0.596. The van der Waals surface area contributed by atoms with Gasteiger partial charge in [0.1, 0.15) is 23.8 Å². The molecule has 0 bridgehead atoms. The van der Waals surface area contributed by atoms with E-state index in [0.717, 1.165) is 27.5 Å². The van der Waals surface area contributed by atoms with Gasteiger partial charge in [0, 0.05) is 16.6 Å². The van der Waals surface area contributed by atoms with Gasteiger partial charge in [0.2, 0.25) is 5.91 Å². The summed E-state index contributed by atoms with van der Waals surface area (Å²) >= 11 is 1.48. The number of ether oxygens (including phenoxy) is 1. The lowest BCUT2D eigenvalue weighted by molar-refractivity contribution is -0.908. The molecule has 5 nitrogen and oxygen atoms in total. The first-order valence-electron chi connectivity index (χ1n) is 9.36. The second kappa shape index (κ2) is 9.62. The summed E-state index contributed by atoms with van der Waals surface area (Å²) in [6.45, 7) is 3.37. The summed E-state index contributed by atoms with van der Waals surface area (Å²) in [6.07, 6.45) is 0.251. The molecule has 1 amide bonds. The SMILES string of the molecule is COc1ccc(C[NH+](C)Cc2csc(CC(=O)Nc3ccc(C)cc3)n2)cc1F. The molecule has 1 unspecified atom stereocenters. The number of halogens is 1. The molecule has 1 aromatic heterocycles. The molecular weight excluding hydrogens is 389 g/mol. The van der Waals surface area contributed by atoms with Gasteiger partial charge in [-0.3, -0.25) is 4.79 Å². The van der Waals surface area contributed by atoms with Crippen molar-refractivity contribution in [1.29, 1.82) is 0 Å².